The van der Waals surface area contributed by atoms with Crippen molar-refractivity contribution >= 4 is 0 Å². The Balaban J connectivity index is 2.92. The van der Waals surface area contributed by atoms with Crippen LogP contribution in [0.3, 0.4) is 0 Å². The summed E-state index contributed by atoms with van der Waals surface area (Å²) >= 11 is 0. The highest BCUT2D eigenvalue weighted by Gasteiger charge is 2.17. The van der Waals surface area contributed by atoms with Crippen LogP contribution in [0, 0.1) is 5.92 Å². The highest BCUT2D eigenvalue weighted by Crippen LogP contribution is 2.34. The number of aliphatic hydroxyl groups excluding tert-OH is 1. The second-order valence-corrected chi connectivity index (χ2v) is 4.74. The Hall–Kier alpha value is -1.26. The lowest BCUT2D eigenvalue weighted by molar-refractivity contribution is 0.214. The molecule has 1 aromatic carbocycles. The molecule has 2 atom stereocenters. The van der Waals surface area contributed by atoms with Crippen molar-refractivity contribution in [3.05, 3.63) is 23.8 Å². The minimum atomic E-state index is 0.139. The lowest BCUT2D eigenvalue weighted by atomic mass is 9.87. The van der Waals surface area contributed by atoms with Crippen LogP contribution in [0.2, 0.25) is 0 Å². The van der Waals surface area contributed by atoms with Gasteiger partial charge in [0.25, 0.3) is 0 Å². The van der Waals surface area contributed by atoms with E-state index in [0.29, 0.717) is 12.5 Å². The minimum absolute atomic E-state index is 0.139. The molecule has 0 aliphatic carbocycles. The third-order valence-corrected chi connectivity index (χ3v) is 3.58. The Morgan fingerprint density at radius 3 is 2.37 bits per heavy atom. The molecule has 0 saturated heterocycles. The van der Waals surface area contributed by atoms with Crippen LogP contribution in [0.15, 0.2) is 18.2 Å². The molecule has 108 valence electrons. The third kappa shape index (κ3) is 4.11. The number of nitrogens with two attached hydrogens (primary N) is 1. The van der Waals surface area contributed by atoms with Crippen LogP contribution in [0.5, 0.6) is 11.5 Å². The summed E-state index contributed by atoms with van der Waals surface area (Å²) in [5.74, 6) is 2.00. The summed E-state index contributed by atoms with van der Waals surface area (Å²) < 4.78 is 10.6. The van der Waals surface area contributed by atoms with Crippen LogP contribution in [0.25, 0.3) is 0 Å². The van der Waals surface area contributed by atoms with Crippen LogP contribution in [-0.2, 0) is 0 Å². The number of ether oxygens (including phenoxy) is 2. The number of aliphatic hydroxyl groups is 1. The monoisotopic (exact) mass is 267 g/mol. The SMILES string of the molecule is CCC(CC(CN)CO)c1ccc(OC)c(OC)c1. The van der Waals surface area contributed by atoms with Crippen LogP contribution in [0.1, 0.15) is 31.2 Å². The van der Waals surface area contributed by atoms with Crippen molar-refractivity contribution in [3.63, 3.8) is 0 Å². The van der Waals surface area contributed by atoms with Crippen LogP contribution < -0.4 is 15.2 Å². The summed E-state index contributed by atoms with van der Waals surface area (Å²) in [6.07, 6.45) is 1.89. The molecule has 0 radical (unpaired) electrons. The Kier molecular flexibility index (Phi) is 6.67. The molecule has 0 spiro atoms. The first-order valence-corrected chi connectivity index (χ1v) is 6.72. The summed E-state index contributed by atoms with van der Waals surface area (Å²) in [5, 5.41) is 9.28. The smallest absolute Gasteiger partial charge is 0.160 e. The van der Waals surface area contributed by atoms with E-state index in [-0.39, 0.29) is 12.5 Å². The zero-order chi connectivity index (χ0) is 14.3. The van der Waals surface area contributed by atoms with E-state index < -0.39 is 0 Å². The zero-order valence-electron chi connectivity index (χ0n) is 12.1. The summed E-state index contributed by atoms with van der Waals surface area (Å²) in [7, 11) is 3.27. The minimum Gasteiger partial charge on any atom is -0.493 e. The highest BCUT2D eigenvalue weighted by atomic mass is 16.5. The maximum absolute atomic E-state index is 9.28. The van der Waals surface area contributed by atoms with E-state index in [4.69, 9.17) is 15.2 Å². The van der Waals surface area contributed by atoms with Gasteiger partial charge in [0, 0.05) is 6.61 Å². The summed E-state index contributed by atoms with van der Waals surface area (Å²) in [6, 6.07) is 5.99. The van der Waals surface area contributed by atoms with Crippen LogP contribution >= 0.6 is 0 Å². The van der Waals surface area contributed by atoms with E-state index in [1.165, 1.54) is 5.56 Å². The van der Waals surface area contributed by atoms with Crippen molar-refractivity contribution in [2.75, 3.05) is 27.4 Å². The van der Waals surface area contributed by atoms with Crippen molar-refractivity contribution in [2.45, 2.75) is 25.7 Å². The fraction of sp³-hybridized carbons (Fsp3) is 0.600. The molecule has 0 heterocycles. The second-order valence-electron chi connectivity index (χ2n) is 4.74. The van der Waals surface area contributed by atoms with Gasteiger partial charge >= 0.3 is 0 Å². The van der Waals surface area contributed by atoms with E-state index in [2.05, 4.69) is 13.0 Å². The van der Waals surface area contributed by atoms with Gasteiger partial charge in [-0.3, -0.25) is 0 Å². The molecule has 0 aromatic heterocycles. The van der Waals surface area contributed by atoms with Crippen LogP contribution in [0.4, 0.5) is 0 Å². The molecule has 0 aliphatic heterocycles. The van der Waals surface area contributed by atoms with E-state index in [1.54, 1.807) is 14.2 Å². The lowest BCUT2D eigenvalue weighted by Crippen LogP contribution is -2.20. The molecule has 0 amide bonds. The van der Waals surface area contributed by atoms with Gasteiger partial charge in [0.1, 0.15) is 0 Å². The van der Waals surface area contributed by atoms with Gasteiger partial charge in [-0.25, -0.2) is 0 Å². The van der Waals surface area contributed by atoms with Gasteiger partial charge in [0.15, 0.2) is 11.5 Å². The first-order valence-electron chi connectivity index (χ1n) is 6.72. The summed E-state index contributed by atoms with van der Waals surface area (Å²) in [6.45, 7) is 2.80. The van der Waals surface area contributed by atoms with Gasteiger partial charge in [-0.1, -0.05) is 13.0 Å². The Morgan fingerprint density at radius 2 is 1.89 bits per heavy atom. The molecule has 1 rings (SSSR count). The molecule has 2 unspecified atom stereocenters. The molecule has 4 heteroatoms. The topological polar surface area (TPSA) is 64.7 Å². The molecule has 0 fully saturated rings. The first-order chi connectivity index (χ1) is 9.19. The average Bonchev–Trinajstić information content (AvgIpc) is 2.48. The Labute approximate surface area is 115 Å². The molecular formula is C15H25NO3. The van der Waals surface area contributed by atoms with Crippen molar-refractivity contribution in [3.8, 4) is 11.5 Å². The van der Waals surface area contributed by atoms with E-state index >= 15 is 0 Å². The number of methoxy groups -OCH3 is 2. The lowest BCUT2D eigenvalue weighted by Gasteiger charge is -2.21. The zero-order valence-corrected chi connectivity index (χ0v) is 12.1. The molecule has 3 N–H and O–H groups in total. The molecule has 0 saturated carbocycles. The standard InChI is InChI=1S/C15H25NO3/c1-4-12(7-11(9-16)10-17)13-5-6-14(18-2)15(8-13)19-3/h5-6,8,11-12,17H,4,7,9-10,16H2,1-3H3. The fourth-order valence-corrected chi connectivity index (χ4v) is 2.29. The maximum atomic E-state index is 9.28. The number of hydrogen-bond acceptors (Lipinski definition) is 4. The summed E-state index contributed by atoms with van der Waals surface area (Å²) in [4.78, 5) is 0. The van der Waals surface area contributed by atoms with Crippen molar-refractivity contribution in [2.24, 2.45) is 11.7 Å². The fourth-order valence-electron chi connectivity index (χ4n) is 2.29. The normalized spacial score (nSPS) is 13.9. The predicted molar refractivity (Wildman–Crippen MR) is 76.8 cm³/mol. The first kappa shape index (κ1) is 15.8. The van der Waals surface area contributed by atoms with Gasteiger partial charge in [-0.2, -0.15) is 0 Å². The van der Waals surface area contributed by atoms with Gasteiger partial charge < -0.3 is 20.3 Å². The molecule has 0 aliphatic rings. The van der Waals surface area contributed by atoms with Gasteiger partial charge in [0.05, 0.1) is 14.2 Å². The van der Waals surface area contributed by atoms with Gasteiger partial charge in [-0.05, 0) is 48.9 Å². The Morgan fingerprint density at radius 1 is 1.21 bits per heavy atom. The molecule has 0 bridgehead atoms. The number of benzene rings is 1. The predicted octanol–water partition coefficient (Wildman–Crippen LogP) is 2.15. The maximum Gasteiger partial charge on any atom is 0.160 e. The molecule has 19 heavy (non-hydrogen) atoms. The van der Waals surface area contributed by atoms with Crippen LogP contribution in [-0.4, -0.2) is 32.5 Å². The van der Waals surface area contributed by atoms with Gasteiger partial charge in [-0.15, -0.1) is 0 Å². The molecule has 1 aromatic rings. The van der Waals surface area contributed by atoms with E-state index in [9.17, 15) is 5.11 Å². The second kappa shape index (κ2) is 8.02. The number of rotatable bonds is 8. The van der Waals surface area contributed by atoms with Gasteiger partial charge in [0.2, 0.25) is 0 Å². The van der Waals surface area contributed by atoms with E-state index in [0.717, 1.165) is 24.3 Å². The van der Waals surface area contributed by atoms with Crippen molar-refractivity contribution in [1.82, 2.24) is 0 Å². The Bertz CT molecular complexity index is 378. The van der Waals surface area contributed by atoms with Crippen molar-refractivity contribution in [1.29, 1.82) is 0 Å². The molecular weight excluding hydrogens is 242 g/mol. The summed E-state index contributed by atoms with van der Waals surface area (Å²) in [5.41, 5.74) is 6.86. The highest BCUT2D eigenvalue weighted by molar-refractivity contribution is 5.43. The number of hydrogen-bond donors (Lipinski definition) is 2. The van der Waals surface area contributed by atoms with E-state index in [1.807, 2.05) is 12.1 Å². The quantitative estimate of drug-likeness (QED) is 0.757. The largest absolute Gasteiger partial charge is 0.493 e. The van der Waals surface area contributed by atoms with Crippen molar-refractivity contribution < 1.29 is 14.6 Å². The molecule has 4 nitrogen and oxygen atoms in total. The third-order valence-electron chi connectivity index (χ3n) is 3.58. The average molecular weight is 267 g/mol.